The molecule has 2 aromatic carbocycles. The van der Waals surface area contributed by atoms with Crippen molar-refractivity contribution >= 4 is 32.6 Å². The van der Waals surface area contributed by atoms with E-state index in [2.05, 4.69) is 10.3 Å². The van der Waals surface area contributed by atoms with Gasteiger partial charge in [-0.2, -0.15) is 0 Å². The number of rotatable bonds is 5. The lowest BCUT2D eigenvalue weighted by atomic mass is 10.2. The molecule has 0 aliphatic heterocycles. The molecule has 1 amide bonds. The Hall–Kier alpha value is -2.60. The molecule has 0 bridgehead atoms. The van der Waals surface area contributed by atoms with Gasteiger partial charge in [-0.3, -0.25) is 10.1 Å². The first-order valence-electron chi connectivity index (χ1n) is 7.08. The molecule has 0 saturated heterocycles. The van der Waals surface area contributed by atoms with Crippen molar-refractivity contribution in [1.29, 1.82) is 0 Å². The van der Waals surface area contributed by atoms with E-state index in [0.29, 0.717) is 16.6 Å². The number of nitrogens with zero attached hydrogens (tertiary/aromatic N) is 1. The summed E-state index contributed by atoms with van der Waals surface area (Å²) in [5.41, 5.74) is 2.01. The number of thiazole rings is 1. The maximum atomic E-state index is 12.0. The summed E-state index contributed by atoms with van der Waals surface area (Å²) in [5, 5.41) is 3.35. The predicted molar refractivity (Wildman–Crippen MR) is 91.5 cm³/mol. The highest BCUT2D eigenvalue weighted by Crippen LogP contribution is 2.27. The van der Waals surface area contributed by atoms with Crippen molar-refractivity contribution < 1.29 is 14.3 Å². The lowest BCUT2D eigenvalue weighted by Crippen LogP contribution is -2.20. The lowest BCUT2D eigenvalue weighted by molar-refractivity contribution is -0.118. The van der Waals surface area contributed by atoms with Crippen molar-refractivity contribution in [2.24, 2.45) is 0 Å². The number of carbonyl (C=O) groups is 1. The van der Waals surface area contributed by atoms with Crippen LogP contribution in [-0.4, -0.2) is 24.6 Å². The smallest absolute Gasteiger partial charge is 0.264 e. The summed E-state index contributed by atoms with van der Waals surface area (Å²) in [6, 6.07) is 13.1. The molecule has 0 unspecified atom stereocenters. The van der Waals surface area contributed by atoms with Gasteiger partial charge in [0.25, 0.3) is 5.91 Å². The molecule has 0 aliphatic rings. The van der Waals surface area contributed by atoms with Crippen molar-refractivity contribution in [2.45, 2.75) is 6.92 Å². The van der Waals surface area contributed by atoms with E-state index in [0.717, 1.165) is 15.8 Å². The van der Waals surface area contributed by atoms with Gasteiger partial charge >= 0.3 is 0 Å². The lowest BCUT2D eigenvalue weighted by Gasteiger charge is -2.07. The minimum absolute atomic E-state index is 0.0813. The maximum absolute atomic E-state index is 12.0. The van der Waals surface area contributed by atoms with E-state index < -0.39 is 0 Å². The number of hydrogen-bond acceptors (Lipinski definition) is 5. The van der Waals surface area contributed by atoms with Gasteiger partial charge in [0.1, 0.15) is 11.5 Å². The van der Waals surface area contributed by atoms with Crippen molar-refractivity contribution in [1.82, 2.24) is 4.98 Å². The molecule has 0 atom stereocenters. The van der Waals surface area contributed by atoms with E-state index in [1.54, 1.807) is 19.2 Å². The van der Waals surface area contributed by atoms with Crippen LogP contribution in [-0.2, 0) is 4.79 Å². The third-order valence-corrected chi connectivity index (χ3v) is 4.21. The number of aromatic nitrogens is 1. The standard InChI is InChI=1S/C17H16N2O3S/c1-11-5-3-8-14-16(11)19-17(23-14)18-15(20)10-22-13-7-4-6-12(9-13)21-2/h3-9H,10H2,1-2H3,(H,18,19,20). The fourth-order valence-electron chi connectivity index (χ4n) is 2.13. The summed E-state index contributed by atoms with van der Waals surface area (Å²) in [5.74, 6) is 1.02. The van der Waals surface area contributed by atoms with Crippen molar-refractivity contribution in [2.75, 3.05) is 19.0 Å². The molecule has 1 aromatic heterocycles. The number of anilines is 1. The molecule has 0 aliphatic carbocycles. The molecule has 1 heterocycles. The summed E-state index contributed by atoms with van der Waals surface area (Å²) >= 11 is 1.45. The Balaban J connectivity index is 1.63. The number of benzene rings is 2. The molecule has 23 heavy (non-hydrogen) atoms. The Kier molecular flexibility index (Phi) is 4.43. The Bertz CT molecular complexity index is 845. The molecular weight excluding hydrogens is 312 g/mol. The van der Waals surface area contributed by atoms with Gasteiger partial charge < -0.3 is 9.47 Å². The van der Waals surface area contributed by atoms with Gasteiger partial charge in [0, 0.05) is 6.07 Å². The van der Waals surface area contributed by atoms with Crippen molar-refractivity contribution in [3.63, 3.8) is 0 Å². The quantitative estimate of drug-likeness (QED) is 0.777. The molecule has 0 spiro atoms. The number of para-hydroxylation sites is 1. The fraction of sp³-hybridized carbons (Fsp3) is 0.176. The number of methoxy groups -OCH3 is 1. The Labute approximate surface area is 137 Å². The zero-order valence-corrected chi connectivity index (χ0v) is 13.6. The normalized spacial score (nSPS) is 10.5. The van der Waals surface area contributed by atoms with Crippen LogP contribution >= 0.6 is 11.3 Å². The van der Waals surface area contributed by atoms with Gasteiger partial charge in [-0.1, -0.05) is 29.5 Å². The number of aryl methyl sites for hydroxylation is 1. The molecule has 118 valence electrons. The molecule has 3 rings (SSSR count). The van der Waals surface area contributed by atoms with Crippen LogP contribution < -0.4 is 14.8 Å². The average molecular weight is 328 g/mol. The Morgan fingerprint density at radius 1 is 1.22 bits per heavy atom. The van der Waals surface area contributed by atoms with Crippen LogP contribution in [0.1, 0.15) is 5.56 Å². The second-order valence-electron chi connectivity index (χ2n) is 4.96. The van der Waals surface area contributed by atoms with Crippen LogP contribution in [0, 0.1) is 6.92 Å². The minimum Gasteiger partial charge on any atom is -0.497 e. The summed E-state index contributed by atoms with van der Waals surface area (Å²) in [4.78, 5) is 16.4. The highest BCUT2D eigenvalue weighted by atomic mass is 32.1. The van der Waals surface area contributed by atoms with Crippen LogP contribution in [0.3, 0.4) is 0 Å². The van der Waals surface area contributed by atoms with E-state index >= 15 is 0 Å². The Morgan fingerprint density at radius 2 is 2.00 bits per heavy atom. The van der Waals surface area contributed by atoms with Crippen LogP contribution in [0.15, 0.2) is 42.5 Å². The number of ether oxygens (including phenoxy) is 2. The predicted octanol–water partition coefficient (Wildman–Crippen LogP) is 3.63. The number of nitrogens with one attached hydrogen (secondary N) is 1. The topological polar surface area (TPSA) is 60.5 Å². The average Bonchev–Trinajstić information content (AvgIpc) is 2.97. The van der Waals surface area contributed by atoms with E-state index in [1.165, 1.54) is 11.3 Å². The maximum Gasteiger partial charge on any atom is 0.264 e. The summed E-state index contributed by atoms with van der Waals surface area (Å²) < 4.78 is 11.6. The molecule has 0 radical (unpaired) electrons. The molecule has 1 N–H and O–H groups in total. The van der Waals surface area contributed by atoms with E-state index in [4.69, 9.17) is 9.47 Å². The SMILES string of the molecule is COc1cccc(OCC(=O)Nc2nc3c(C)cccc3s2)c1. The van der Waals surface area contributed by atoms with Crippen LogP contribution in [0.25, 0.3) is 10.2 Å². The first-order valence-corrected chi connectivity index (χ1v) is 7.90. The van der Waals surface area contributed by atoms with Gasteiger partial charge in [0.15, 0.2) is 11.7 Å². The summed E-state index contributed by atoms with van der Waals surface area (Å²) in [6.45, 7) is 1.92. The molecular formula is C17H16N2O3S. The molecule has 6 heteroatoms. The molecule has 5 nitrogen and oxygen atoms in total. The number of carbonyl (C=O) groups excluding carboxylic acids is 1. The van der Waals surface area contributed by atoms with Gasteiger partial charge in [-0.15, -0.1) is 0 Å². The fourth-order valence-corrected chi connectivity index (χ4v) is 3.09. The monoisotopic (exact) mass is 328 g/mol. The molecule has 3 aromatic rings. The summed E-state index contributed by atoms with van der Waals surface area (Å²) in [7, 11) is 1.58. The van der Waals surface area contributed by atoms with Gasteiger partial charge in [-0.05, 0) is 30.7 Å². The van der Waals surface area contributed by atoms with Gasteiger partial charge in [0.2, 0.25) is 0 Å². The third-order valence-electron chi connectivity index (χ3n) is 3.28. The number of hydrogen-bond donors (Lipinski definition) is 1. The van der Waals surface area contributed by atoms with Crippen molar-refractivity contribution in [3.05, 3.63) is 48.0 Å². The van der Waals surface area contributed by atoms with E-state index in [1.807, 2.05) is 37.3 Å². The highest BCUT2D eigenvalue weighted by molar-refractivity contribution is 7.22. The summed E-state index contributed by atoms with van der Waals surface area (Å²) in [6.07, 6.45) is 0. The highest BCUT2D eigenvalue weighted by Gasteiger charge is 2.10. The number of amides is 1. The van der Waals surface area contributed by atoms with E-state index in [-0.39, 0.29) is 12.5 Å². The number of fused-ring (bicyclic) bond motifs is 1. The minimum atomic E-state index is -0.246. The van der Waals surface area contributed by atoms with Gasteiger partial charge in [0.05, 0.1) is 17.3 Å². The second-order valence-corrected chi connectivity index (χ2v) is 5.99. The van der Waals surface area contributed by atoms with Crippen LogP contribution in [0.2, 0.25) is 0 Å². The Morgan fingerprint density at radius 3 is 2.78 bits per heavy atom. The zero-order valence-electron chi connectivity index (χ0n) is 12.8. The first-order chi connectivity index (χ1) is 11.2. The van der Waals surface area contributed by atoms with Crippen LogP contribution in [0.4, 0.5) is 5.13 Å². The largest absolute Gasteiger partial charge is 0.497 e. The van der Waals surface area contributed by atoms with E-state index in [9.17, 15) is 4.79 Å². The molecule has 0 saturated carbocycles. The van der Waals surface area contributed by atoms with Crippen molar-refractivity contribution in [3.8, 4) is 11.5 Å². The molecule has 0 fully saturated rings. The third kappa shape index (κ3) is 3.60. The van der Waals surface area contributed by atoms with Gasteiger partial charge in [-0.25, -0.2) is 4.98 Å². The first kappa shape index (κ1) is 15.3. The second kappa shape index (κ2) is 6.66. The van der Waals surface area contributed by atoms with Crippen LogP contribution in [0.5, 0.6) is 11.5 Å². The zero-order chi connectivity index (χ0) is 16.2.